The summed E-state index contributed by atoms with van der Waals surface area (Å²) in [5.74, 6) is 1.05. The molecule has 106 valence electrons. The first-order valence-corrected chi connectivity index (χ1v) is 7.22. The third kappa shape index (κ3) is 2.86. The van der Waals surface area contributed by atoms with Crippen molar-refractivity contribution in [2.75, 3.05) is 33.8 Å². The average Bonchev–Trinajstić information content (AvgIpc) is 3.01. The lowest BCUT2D eigenvalue weighted by atomic mass is 9.89. The molecule has 3 rings (SSSR count). The Kier molecular flexibility index (Phi) is 3.65. The SMILES string of the molecule is CN(C)[C@H]1CCO[C@]2(CCN(Cc3ccco3)C2)C1. The van der Waals surface area contributed by atoms with Gasteiger partial charge in [0.15, 0.2) is 0 Å². The largest absolute Gasteiger partial charge is 0.468 e. The highest BCUT2D eigenvalue weighted by atomic mass is 16.5. The maximum Gasteiger partial charge on any atom is 0.117 e. The second-order valence-corrected chi connectivity index (χ2v) is 6.18. The summed E-state index contributed by atoms with van der Waals surface area (Å²) in [5.41, 5.74) is 0.0831. The van der Waals surface area contributed by atoms with Gasteiger partial charge in [-0.05, 0) is 45.5 Å². The van der Waals surface area contributed by atoms with Crippen molar-refractivity contribution < 1.29 is 9.15 Å². The molecule has 2 fully saturated rings. The van der Waals surface area contributed by atoms with E-state index >= 15 is 0 Å². The molecule has 0 amide bonds. The molecule has 0 bridgehead atoms. The lowest BCUT2D eigenvalue weighted by Gasteiger charge is -2.40. The number of likely N-dealkylation sites (tertiary alicyclic amines) is 1. The van der Waals surface area contributed by atoms with Gasteiger partial charge in [0, 0.05) is 25.7 Å². The van der Waals surface area contributed by atoms with Gasteiger partial charge in [-0.2, -0.15) is 0 Å². The van der Waals surface area contributed by atoms with Crippen LogP contribution in [-0.2, 0) is 11.3 Å². The van der Waals surface area contributed by atoms with Crippen LogP contribution in [0.5, 0.6) is 0 Å². The Bertz CT molecular complexity index is 404. The first-order chi connectivity index (χ1) is 9.17. The van der Waals surface area contributed by atoms with E-state index in [-0.39, 0.29) is 5.60 Å². The fourth-order valence-corrected chi connectivity index (χ4v) is 3.41. The molecule has 0 N–H and O–H groups in total. The molecule has 0 aromatic carbocycles. The van der Waals surface area contributed by atoms with Crippen molar-refractivity contribution in [2.45, 2.75) is 37.5 Å². The van der Waals surface area contributed by atoms with Crippen LogP contribution in [0.4, 0.5) is 0 Å². The zero-order valence-electron chi connectivity index (χ0n) is 12.0. The van der Waals surface area contributed by atoms with Gasteiger partial charge in [0.05, 0.1) is 18.4 Å². The molecule has 0 radical (unpaired) electrons. The first-order valence-electron chi connectivity index (χ1n) is 7.22. The highest BCUT2D eigenvalue weighted by molar-refractivity contribution is 5.02. The molecule has 1 aromatic heterocycles. The minimum atomic E-state index is 0.0831. The molecule has 0 unspecified atom stereocenters. The molecule has 1 spiro atoms. The quantitative estimate of drug-likeness (QED) is 0.834. The maximum atomic E-state index is 6.16. The second kappa shape index (κ2) is 5.27. The van der Waals surface area contributed by atoms with E-state index in [4.69, 9.17) is 9.15 Å². The van der Waals surface area contributed by atoms with Crippen LogP contribution in [0.1, 0.15) is 25.0 Å². The van der Waals surface area contributed by atoms with E-state index in [1.807, 2.05) is 6.07 Å². The number of rotatable bonds is 3. The van der Waals surface area contributed by atoms with Gasteiger partial charge >= 0.3 is 0 Å². The molecule has 19 heavy (non-hydrogen) atoms. The van der Waals surface area contributed by atoms with E-state index in [1.165, 1.54) is 0 Å². The van der Waals surface area contributed by atoms with Crippen molar-refractivity contribution in [1.29, 1.82) is 0 Å². The third-order valence-electron chi connectivity index (χ3n) is 4.55. The van der Waals surface area contributed by atoms with Gasteiger partial charge in [-0.1, -0.05) is 0 Å². The van der Waals surface area contributed by atoms with Crippen molar-refractivity contribution in [3.8, 4) is 0 Å². The summed E-state index contributed by atoms with van der Waals surface area (Å²) in [7, 11) is 4.36. The Balaban J connectivity index is 1.60. The molecular weight excluding hydrogens is 240 g/mol. The molecular formula is C15H24N2O2. The number of nitrogens with zero attached hydrogens (tertiary/aromatic N) is 2. The maximum absolute atomic E-state index is 6.16. The fraction of sp³-hybridized carbons (Fsp3) is 0.733. The number of hydrogen-bond donors (Lipinski definition) is 0. The molecule has 0 saturated carbocycles. The van der Waals surface area contributed by atoms with Crippen molar-refractivity contribution in [2.24, 2.45) is 0 Å². The summed E-state index contributed by atoms with van der Waals surface area (Å²) >= 11 is 0. The van der Waals surface area contributed by atoms with E-state index in [0.717, 1.165) is 51.3 Å². The zero-order chi connectivity index (χ0) is 13.3. The van der Waals surface area contributed by atoms with Crippen LogP contribution in [0, 0.1) is 0 Å². The van der Waals surface area contributed by atoms with Crippen LogP contribution in [0.15, 0.2) is 22.8 Å². The van der Waals surface area contributed by atoms with Gasteiger partial charge in [-0.25, -0.2) is 0 Å². The fourth-order valence-electron chi connectivity index (χ4n) is 3.41. The summed E-state index contributed by atoms with van der Waals surface area (Å²) in [4.78, 5) is 4.80. The first kappa shape index (κ1) is 13.2. The molecule has 0 aliphatic carbocycles. The van der Waals surface area contributed by atoms with E-state index in [0.29, 0.717) is 6.04 Å². The molecule has 2 aliphatic rings. The standard InChI is InChI=1S/C15H24N2O2/c1-16(2)13-5-9-19-15(10-13)6-7-17(12-15)11-14-4-3-8-18-14/h3-4,8,13H,5-7,9-12H2,1-2H3/t13-,15+/m0/s1. The van der Waals surface area contributed by atoms with E-state index in [2.05, 4.69) is 30.0 Å². The summed E-state index contributed by atoms with van der Waals surface area (Å²) in [6, 6.07) is 4.67. The summed E-state index contributed by atoms with van der Waals surface area (Å²) in [6.45, 7) is 3.96. The van der Waals surface area contributed by atoms with Gasteiger partial charge in [0.2, 0.25) is 0 Å². The van der Waals surface area contributed by atoms with Gasteiger partial charge in [-0.15, -0.1) is 0 Å². The smallest absolute Gasteiger partial charge is 0.117 e. The lowest BCUT2D eigenvalue weighted by Crippen LogP contribution is -2.48. The summed E-state index contributed by atoms with van der Waals surface area (Å²) in [6.07, 6.45) is 5.22. The van der Waals surface area contributed by atoms with Gasteiger partial charge < -0.3 is 14.1 Å². The highest BCUT2D eigenvalue weighted by Gasteiger charge is 2.43. The molecule has 2 saturated heterocycles. The van der Waals surface area contributed by atoms with Crippen molar-refractivity contribution in [1.82, 2.24) is 9.80 Å². The summed E-state index contributed by atoms with van der Waals surface area (Å²) < 4.78 is 11.6. The molecule has 4 nitrogen and oxygen atoms in total. The Morgan fingerprint density at radius 1 is 1.47 bits per heavy atom. The van der Waals surface area contributed by atoms with Crippen LogP contribution in [0.3, 0.4) is 0 Å². The minimum absolute atomic E-state index is 0.0831. The molecule has 2 atom stereocenters. The van der Waals surface area contributed by atoms with Crippen LogP contribution >= 0.6 is 0 Å². The predicted octanol–water partition coefficient (Wildman–Crippen LogP) is 1.96. The average molecular weight is 264 g/mol. The topological polar surface area (TPSA) is 28.9 Å². The van der Waals surface area contributed by atoms with Crippen molar-refractivity contribution >= 4 is 0 Å². The van der Waals surface area contributed by atoms with E-state index in [1.54, 1.807) is 6.26 Å². The summed E-state index contributed by atoms with van der Waals surface area (Å²) in [5, 5.41) is 0. The van der Waals surface area contributed by atoms with Crippen LogP contribution in [-0.4, -0.2) is 55.2 Å². The Hall–Kier alpha value is -0.840. The van der Waals surface area contributed by atoms with Crippen LogP contribution in [0.25, 0.3) is 0 Å². The molecule has 1 aromatic rings. The Morgan fingerprint density at radius 2 is 2.37 bits per heavy atom. The Labute approximate surface area is 115 Å². The highest BCUT2D eigenvalue weighted by Crippen LogP contribution is 2.35. The monoisotopic (exact) mass is 264 g/mol. The normalized spacial score (nSPS) is 32.5. The van der Waals surface area contributed by atoms with Crippen LogP contribution < -0.4 is 0 Å². The number of hydrogen-bond acceptors (Lipinski definition) is 4. The molecule has 4 heteroatoms. The second-order valence-electron chi connectivity index (χ2n) is 6.18. The van der Waals surface area contributed by atoms with E-state index in [9.17, 15) is 0 Å². The molecule has 3 heterocycles. The number of ether oxygens (including phenoxy) is 1. The zero-order valence-corrected chi connectivity index (χ0v) is 12.0. The van der Waals surface area contributed by atoms with Gasteiger partial charge in [-0.3, -0.25) is 4.90 Å². The third-order valence-corrected chi connectivity index (χ3v) is 4.55. The predicted molar refractivity (Wildman–Crippen MR) is 74.0 cm³/mol. The Morgan fingerprint density at radius 3 is 3.11 bits per heavy atom. The number of furan rings is 1. The van der Waals surface area contributed by atoms with Gasteiger partial charge in [0.25, 0.3) is 0 Å². The van der Waals surface area contributed by atoms with Crippen molar-refractivity contribution in [3.05, 3.63) is 24.2 Å². The van der Waals surface area contributed by atoms with Crippen molar-refractivity contribution in [3.63, 3.8) is 0 Å². The lowest BCUT2D eigenvalue weighted by molar-refractivity contribution is -0.0933. The minimum Gasteiger partial charge on any atom is -0.468 e. The van der Waals surface area contributed by atoms with Gasteiger partial charge in [0.1, 0.15) is 5.76 Å². The van der Waals surface area contributed by atoms with Crippen LogP contribution in [0.2, 0.25) is 0 Å². The van der Waals surface area contributed by atoms with E-state index < -0.39 is 0 Å². The molecule has 2 aliphatic heterocycles.